The maximum atomic E-state index is 12.5. The van der Waals surface area contributed by atoms with Crippen molar-refractivity contribution in [1.29, 1.82) is 0 Å². The highest BCUT2D eigenvalue weighted by atomic mass is 16.6. The number of benzene rings is 1. The molecule has 0 unspecified atom stereocenters. The van der Waals surface area contributed by atoms with Crippen LogP contribution < -0.4 is 9.47 Å². The van der Waals surface area contributed by atoms with Crippen LogP contribution in [0.3, 0.4) is 0 Å². The normalized spacial score (nSPS) is 24.2. The summed E-state index contributed by atoms with van der Waals surface area (Å²) >= 11 is 0. The van der Waals surface area contributed by atoms with Gasteiger partial charge >= 0.3 is 0 Å². The van der Waals surface area contributed by atoms with Crippen LogP contribution in [0.4, 0.5) is 0 Å². The number of ether oxygens (including phenoxy) is 4. The summed E-state index contributed by atoms with van der Waals surface area (Å²) in [5.74, 6) is 1.70. The molecular weight excluding hydrogens is 324 g/mol. The lowest BCUT2D eigenvalue weighted by Gasteiger charge is -2.37. The van der Waals surface area contributed by atoms with Crippen molar-refractivity contribution in [1.82, 2.24) is 9.80 Å². The Morgan fingerprint density at radius 1 is 1.00 bits per heavy atom. The first-order valence-corrected chi connectivity index (χ1v) is 8.88. The van der Waals surface area contributed by atoms with Gasteiger partial charge in [0.15, 0.2) is 17.6 Å². The Balaban J connectivity index is 1.29. The molecule has 1 atom stereocenters. The van der Waals surface area contributed by atoms with Gasteiger partial charge < -0.3 is 23.8 Å². The third-order valence-electron chi connectivity index (χ3n) is 4.79. The van der Waals surface area contributed by atoms with Crippen molar-refractivity contribution in [3.8, 4) is 11.5 Å². The molecule has 3 heterocycles. The molecule has 1 amide bonds. The first kappa shape index (κ1) is 16.6. The molecule has 4 rings (SSSR count). The lowest BCUT2D eigenvalue weighted by molar-refractivity contribution is -0.159. The fraction of sp³-hybridized carbons (Fsp3) is 0.611. The Morgan fingerprint density at radius 3 is 2.56 bits per heavy atom. The van der Waals surface area contributed by atoms with E-state index in [0.717, 1.165) is 44.2 Å². The number of nitrogens with zero attached hydrogens (tertiary/aromatic N) is 2. The third kappa shape index (κ3) is 3.89. The van der Waals surface area contributed by atoms with E-state index in [4.69, 9.17) is 18.9 Å². The molecule has 25 heavy (non-hydrogen) atoms. The van der Waals surface area contributed by atoms with E-state index in [-0.39, 0.29) is 5.91 Å². The van der Waals surface area contributed by atoms with E-state index in [2.05, 4.69) is 17.0 Å². The molecule has 7 nitrogen and oxygen atoms in total. The van der Waals surface area contributed by atoms with Crippen LogP contribution in [0.1, 0.15) is 5.56 Å². The highest BCUT2D eigenvalue weighted by molar-refractivity contribution is 5.81. The molecule has 7 heteroatoms. The van der Waals surface area contributed by atoms with Gasteiger partial charge in [0.25, 0.3) is 5.91 Å². The van der Waals surface area contributed by atoms with Gasteiger partial charge in [-0.15, -0.1) is 0 Å². The van der Waals surface area contributed by atoms with Crippen molar-refractivity contribution in [2.45, 2.75) is 12.6 Å². The number of rotatable bonds is 3. The molecule has 0 spiro atoms. The fourth-order valence-corrected chi connectivity index (χ4v) is 3.40. The van der Waals surface area contributed by atoms with E-state index >= 15 is 0 Å². The monoisotopic (exact) mass is 348 g/mol. The van der Waals surface area contributed by atoms with Crippen molar-refractivity contribution >= 4 is 5.91 Å². The van der Waals surface area contributed by atoms with Crippen molar-refractivity contribution in [2.24, 2.45) is 0 Å². The average Bonchev–Trinajstić information content (AvgIpc) is 2.69. The number of amides is 1. The largest absolute Gasteiger partial charge is 0.486 e. The quantitative estimate of drug-likeness (QED) is 0.794. The Hall–Kier alpha value is -1.83. The Labute approximate surface area is 147 Å². The Morgan fingerprint density at radius 2 is 1.80 bits per heavy atom. The molecule has 3 aliphatic heterocycles. The van der Waals surface area contributed by atoms with E-state index in [1.165, 1.54) is 5.56 Å². The number of carbonyl (C=O) groups excluding carboxylic acids is 1. The third-order valence-corrected chi connectivity index (χ3v) is 4.79. The number of piperazine rings is 1. The summed E-state index contributed by atoms with van der Waals surface area (Å²) in [5.41, 5.74) is 1.20. The molecule has 0 N–H and O–H groups in total. The standard InChI is InChI=1S/C18H24N2O5/c21-18(17-13-22-7-8-25-17)20-5-3-19(4-6-20)12-14-1-2-15-16(11-14)24-10-9-23-15/h1-2,11,17H,3-10,12-13H2/t17-/m0/s1. The molecule has 0 aliphatic carbocycles. The van der Waals surface area contributed by atoms with Crippen LogP contribution in [0.25, 0.3) is 0 Å². The SMILES string of the molecule is O=C([C@@H]1COCCO1)N1CCN(Cc2ccc3c(c2)OCCO3)CC1. The summed E-state index contributed by atoms with van der Waals surface area (Å²) in [6, 6.07) is 6.11. The zero-order chi connectivity index (χ0) is 17.1. The topological polar surface area (TPSA) is 60.5 Å². The minimum absolute atomic E-state index is 0.0543. The fourth-order valence-electron chi connectivity index (χ4n) is 3.40. The van der Waals surface area contributed by atoms with Crippen LogP contribution >= 0.6 is 0 Å². The van der Waals surface area contributed by atoms with Crippen molar-refractivity contribution < 1.29 is 23.7 Å². The summed E-state index contributed by atoms with van der Waals surface area (Å²) in [5, 5.41) is 0. The summed E-state index contributed by atoms with van der Waals surface area (Å²) in [4.78, 5) is 16.7. The zero-order valence-electron chi connectivity index (χ0n) is 14.3. The molecule has 0 bridgehead atoms. The van der Waals surface area contributed by atoms with Gasteiger partial charge in [0.05, 0.1) is 19.8 Å². The smallest absolute Gasteiger partial charge is 0.254 e. The van der Waals surface area contributed by atoms with Crippen LogP contribution in [0.15, 0.2) is 18.2 Å². The van der Waals surface area contributed by atoms with Gasteiger partial charge in [-0.3, -0.25) is 9.69 Å². The molecule has 3 aliphatic rings. The molecule has 0 radical (unpaired) electrons. The van der Waals surface area contributed by atoms with Crippen LogP contribution in [-0.4, -0.2) is 81.0 Å². The molecule has 2 saturated heterocycles. The predicted molar refractivity (Wildman–Crippen MR) is 89.8 cm³/mol. The molecule has 0 saturated carbocycles. The van der Waals surface area contributed by atoms with E-state index in [1.807, 2.05) is 11.0 Å². The predicted octanol–water partition coefficient (Wildman–Crippen LogP) is 0.517. The first-order valence-electron chi connectivity index (χ1n) is 8.88. The van der Waals surface area contributed by atoms with Gasteiger partial charge in [0, 0.05) is 32.7 Å². The first-order chi connectivity index (χ1) is 12.3. The minimum Gasteiger partial charge on any atom is -0.486 e. The summed E-state index contributed by atoms with van der Waals surface area (Å²) in [6.45, 7) is 6.67. The Bertz CT molecular complexity index is 609. The highest BCUT2D eigenvalue weighted by Crippen LogP contribution is 2.31. The molecule has 2 fully saturated rings. The van der Waals surface area contributed by atoms with Crippen molar-refractivity contribution in [2.75, 3.05) is 59.2 Å². The number of fused-ring (bicyclic) bond motifs is 1. The number of carbonyl (C=O) groups is 1. The van der Waals surface area contributed by atoms with Gasteiger partial charge in [-0.05, 0) is 17.7 Å². The van der Waals surface area contributed by atoms with Crippen LogP contribution in [0, 0.1) is 0 Å². The number of hydrogen-bond acceptors (Lipinski definition) is 6. The van der Waals surface area contributed by atoms with Gasteiger partial charge in [-0.25, -0.2) is 0 Å². The van der Waals surface area contributed by atoms with E-state index in [1.54, 1.807) is 0 Å². The second-order valence-electron chi connectivity index (χ2n) is 6.51. The van der Waals surface area contributed by atoms with Gasteiger partial charge in [-0.1, -0.05) is 6.07 Å². The summed E-state index contributed by atoms with van der Waals surface area (Å²) in [7, 11) is 0. The molecule has 0 aromatic heterocycles. The van der Waals surface area contributed by atoms with E-state index in [9.17, 15) is 4.79 Å². The van der Waals surface area contributed by atoms with Crippen LogP contribution in [0.5, 0.6) is 11.5 Å². The maximum absolute atomic E-state index is 12.5. The van der Waals surface area contributed by atoms with Crippen molar-refractivity contribution in [3.05, 3.63) is 23.8 Å². The van der Waals surface area contributed by atoms with Crippen LogP contribution in [0.2, 0.25) is 0 Å². The van der Waals surface area contributed by atoms with E-state index in [0.29, 0.717) is 33.0 Å². The van der Waals surface area contributed by atoms with Crippen molar-refractivity contribution in [3.63, 3.8) is 0 Å². The van der Waals surface area contributed by atoms with Crippen LogP contribution in [-0.2, 0) is 20.8 Å². The van der Waals surface area contributed by atoms with Gasteiger partial charge in [0.1, 0.15) is 13.2 Å². The Kier molecular flexibility index (Phi) is 5.05. The lowest BCUT2D eigenvalue weighted by Crippen LogP contribution is -2.53. The molecule has 136 valence electrons. The molecule has 1 aromatic rings. The van der Waals surface area contributed by atoms with E-state index < -0.39 is 6.10 Å². The zero-order valence-corrected chi connectivity index (χ0v) is 14.3. The highest BCUT2D eigenvalue weighted by Gasteiger charge is 2.29. The van der Waals surface area contributed by atoms with Gasteiger partial charge in [-0.2, -0.15) is 0 Å². The second-order valence-corrected chi connectivity index (χ2v) is 6.51. The second kappa shape index (κ2) is 7.59. The minimum atomic E-state index is -0.432. The summed E-state index contributed by atoms with van der Waals surface area (Å²) in [6.07, 6.45) is -0.432. The number of hydrogen-bond donors (Lipinski definition) is 0. The average molecular weight is 348 g/mol. The molecular formula is C18H24N2O5. The maximum Gasteiger partial charge on any atom is 0.254 e. The van der Waals surface area contributed by atoms with Gasteiger partial charge in [0.2, 0.25) is 0 Å². The summed E-state index contributed by atoms with van der Waals surface area (Å²) < 4.78 is 22.1. The molecule has 1 aromatic carbocycles. The lowest BCUT2D eigenvalue weighted by atomic mass is 10.1.